The maximum atomic E-state index is 9.67. The van der Waals surface area contributed by atoms with E-state index in [0.29, 0.717) is 6.04 Å². The summed E-state index contributed by atoms with van der Waals surface area (Å²) in [4.78, 5) is 9.44. The summed E-state index contributed by atoms with van der Waals surface area (Å²) in [6.07, 6.45) is 4.83. The Hall–Kier alpha value is -2.51. The number of piperidine rings is 1. The van der Waals surface area contributed by atoms with Gasteiger partial charge in [-0.3, -0.25) is 4.90 Å². The lowest BCUT2D eigenvalue weighted by Gasteiger charge is -2.32. The lowest BCUT2D eigenvalue weighted by atomic mass is 10.1. The van der Waals surface area contributed by atoms with E-state index in [2.05, 4.69) is 50.6 Å². The van der Waals surface area contributed by atoms with Crippen LogP contribution in [0, 0.1) is 0 Å². The van der Waals surface area contributed by atoms with Gasteiger partial charge in [-0.25, -0.2) is 9.67 Å². The summed E-state index contributed by atoms with van der Waals surface area (Å²) in [6, 6.07) is 12.9. The second-order valence-electron chi connectivity index (χ2n) is 7.95. The Morgan fingerprint density at radius 2 is 1.86 bits per heavy atom. The highest BCUT2D eigenvalue weighted by Crippen LogP contribution is 2.26. The standard InChI is InChI=1S/C21H26N6O/c28-19-9-10-25(15-19)13-17-14-27(24-23-17)18-7-11-26(12-8-18)21-6-5-16-3-1-2-4-20(16)22-21/h1-6,14,18-19,28H,7-13,15H2/t19-/m1/s1. The quantitative estimate of drug-likeness (QED) is 0.751. The Kier molecular flexibility index (Phi) is 4.70. The van der Waals surface area contributed by atoms with E-state index in [-0.39, 0.29) is 6.10 Å². The molecule has 4 heterocycles. The van der Waals surface area contributed by atoms with Gasteiger partial charge in [-0.05, 0) is 37.5 Å². The molecule has 1 aromatic carbocycles. The van der Waals surface area contributed by atoms with E-state index in [1.54, 1.807) is 0 Å². The van der Waals surface area contributed by atoms with Gasteiger partial charge >= 0.3 is 0 Å². The monoisotopic (exact) mass is 378 g/mol. The summed E-state index contributed by atoms with van der Waals surface area (Å²) < 4.78 is 2.03. The minimum atomic E-state index is -0.192. The summed E-state index contributed by atoms with van der Waals surface area (Å²) in [5.74, 6) is 1.06. The SMILES string of the molecule is O[C@@H]1CCN(Cc2cn(C3CCN(c4ccc5ccccc5n4)CC3)nn2)C1. The number of aromatic nitrogens is 4. The van der Waals surface area contributed by atoms with Gasteiger partial charge in [0.1, 0.15) is 5.82 Å². The Bertz CT molecular complexity index is 949. The summed E-state index contributed by atoms with van der Waals surface area (Å²) in [7, 11) is 0. The molecule has 28 heavy (non-hydrogen) atoms. The average molecular weight is 378 g/mol. The molecule has 146 valence electrons. The molecule has 0 amide bonds. The van der Waals surface area contributed by atoms with Crippen LogP contribution in [0.25, 0.3) is 10.9 Å². The van der Waals surface area contributed by atoms with Gasteiger partial charge in [0, 0.05) is 38.1 Å². The first-order valence-electron chi connectivity index (χ1n) is 10.2. The van der Waals surface area contributed by atoms with Crippen LogP contribution in [0.3, 0.4) is 0 Å². The molecule has 2 aliphatic heterocycles. The topological polar surface area (TPSA) is 70.3 Å². The number of hydrogen-bond acceptors (Lipinski definition) is 6. The molecule has 2 fully saturated rings. The molecule has 2 saturated heterocycles. The zero-order chi connectivity index (χ0) is 18.9. The molecule has 2 aromatic heterocycles. The number of rotatable bonds is 4. The maximum absolute atomic E-state index is 9.67. The first-order chi connectivity index (χ1) is 13.7. The summed E-state index contributed by atoms with van der Waals surface area (Å²) in [6.45, 7) is 4.40. The van der Waals surface area contributed by atoms with Gasteiger partial charge in [0.05, 0.1) is 29.6 Å². The van der Waals surface area contributed by atoms with Gasteiger partial charge in [-0.1, -0.05) is 23.4 Å². The summed E-state index contributed by atoms with van der Waals surface area (Å²) >= 11 is 0. The van der Waals surface area contributed by atoms with Crippen molar-refractivity contribution in [2.75, 3.05) is 31.1 Å². The Morgan fingerprint density at radius 1 is 1.00 bits per heavy atom. The molecule has 0 aliphatic carbocycles. The largest absolute Gasteiger partial charge is 0.392 e. The van der Waals surface area contributed by atoms with E-state index in [1.165, 1.54) is 5.39 Å². The molecule has 7 heteroatoms. The third kappa shape index (κ3) is 3.59. The van der Waals surface area contributed by atoms with Crippen molar-refractivity contribution in [3.05, 3.63) is 48.3 Å². The van der Waals surface area contributed by atoms with Gasteiger partial charge in [0.25, 0.3) is 0 Å². The van der Waals surface area contributed by atoms with Crippen LogP contribution < -0.4 is 4.90 Å². The van der Waals surface area contributed by atoms with E-state index in [0.717, 1.165) is 69.0 Å². The number of β-amino-alcohol motifs (C(OH)–C–C–N with tert-alkyl or cyclic N) is 1. The van der Waals surface area contributed by atoms with Crippen LogP contribution in [-0.2, 0) is 6.54 Å². The Labute approximate surface area is 164 Å². The zero-order valence-corrected chi connectivity index (χ0v) is 16.0. The van der Waals surface area contributed by atoms with Crippen molar-refractivity contribution in [3.63, 3.8) is 0 Å². The number of likely N-dealkylation sites (tertiary alicyclic amines) is 1. The number of aliphatic hydroxyl groups is 1. The Morgan fingerprint density at radius 3 is 2.68 bits per heavy atom. The van der Waals surface area contributed by atoms with Crippen molar-refractivity contribution in [1.29, 1.82) is 0 Å². The molecule has 3 aromatic rings. The van der Waals surface area contributed by atoms with E-state index in [9.17, 15) is 5.11 Å². The molecule has 1 atom stereocenters. The molecule has 0 unspecified atom stereocenters. The summed E-state index contributed by atoms with van der Waals surface area (Å²) in [5, 5.41) is 19.6. The number of hydrogen-bond donors (Lipinski definition) is 1. The first-order valence-corrected chi connectivity index (χ1v) is 10.2. The lowest BCUT2D eigenvalue weighted by Crippen LogP contribution is -2.35. The number of anilines is 1. The van der Waals surface area contributed by atoms with Crippen LogP contribution >= 0.6 is 0 Å². The van der Waals surface area contributed by atoms with Crippen molar-refractivity contribution in [2.24, 2.45) is 0 Å². The third-order valence-corrected chi connectivity index (χ3v) is 5.94. The molecule has 2 aliphatic rings. The maximum Gasteiger partial charge on any atom is 0.129 e. The van der Waals surface area contributed by atoms with E-state index < -0.39 is 0 Å². The fourth-order valence-corrected chi connectivity index (χ4v) is 4.34. The average Bonchev–Trinajstić information content (AvgIpc) is 3.37. The molecular weight excluding hydrogens is 352 g/mol. The number of aliphatic hydroxyl groups excluding tert-OH is 1. The van der Waals surface area contributed by atoms with E-state index >= 15 is 0 Å². The third-order valence-electron chi connectivity index (χ3n) is 5.94. The van der Waals surface area contributed by atoms with Crippen LogP contribution in [0.2, 0.25) is 0 Å². The smallest absolute Gasteiger partial charge is 0.129 e. The highest BCUT2D eigenvalue weighted by molar-refractivity contribution is 5.80. The molecular formula is C21H26N6O. The first kappa shape index (κ1) is 17.6. The number of fused-ring (bicyclic) bond motifs is 1. The van der Waals surface area contributed by atoms with Gasteiger partial charge in [-0.2, -0.15) is 0 Å². The van der Waals surface area contributed by atoms with Crippen LogP contribution in [0.15, 0.2) is 42.6 Å². The van der Waals surface area contributed by atoms with Gasteiger partial charge in [0.2, 0.25) is 0 Å². The second-order valence-corrected chi connectivity index (χ2v) is 7.95. The zero-order valence-electron chi connectivity index (χ0n) is 16.0. The normalized spacial score (nSPS) is 21.6. The molecule has 7 nitrogen and oxygen atoms in total. The Balaban J connectivity index is 1.21. The second kappa shape index (κ2) is 7.48. The lowest BCUT2D eigenvalue weighted by molar-refractivity contribution is 0.174. The van der Waals surface area contributed by atoms with Crippen LogP contribution in [0.4, 0.5) is 5.82 Å². The van der Waals surface area contributed by atoms with Gasteiger partial charge in [-0.15, -0.1) is 5.10 Å². The highest BCUT2D eigenvalue weighted by Gasteiger charge is 2.24. The van der Waals surface area contributed by atoms with Crippen molar-refractivity contribution < 1.29 is 5.11 Å². The van der Waals surface area contributed by atoms with E-state index in [4.69, 9.17) is 4.98 Å². The molecule has 0 spiro atoms. The van der Waals surface area contributed by atoms with Crippen LogP contribution in [0.5, 0.6) is 0 Å². The number of para-hydroxylation sites is 1. The molecule has 0 bridgehead atoms. The number of nitrogens with zero attached hydrogens (tertiary/aromatic N) is 6. The predicted molar refractivity (Wildman–Crippen MR) is 108 cm³/mol. The van der Waals surface area contributed by atoms with Crippen LogP contribution in [0.1, 0.15) is 31.0 Å². The number of pyridine rings is 1. The van der Waals surface area contributed by atoms with Crippen LogP contribution in [-0.4, -0.2) is 62.3 Å². The molecule has 0 saturated carbocycles. The van der Waals surface area contributed by atoms with Crippen molar-refractivity contribution >= 4 is 16.7 Å². The minimum Gasteiger partial charge on any atom is -0.392 e. The molecule has 5 rings (SSSR count). The van der Waals surface area contributed by atoms with E-state index in [1.807, 2.05) is 16.8 Å². The molecule has 1 N–H and O–H groups in total. The van der Waals surface area contributed by atoms with Gasteiger partial charge < -0.3 is 10.0 Å². The summed E-state index contributed by atoms with van der Waals surface area (Å²) in [5.41, 5.74) is 2.04. The van der Waals surface area contributed by atoms with Crippen molar-refractivity contribution in [2.45, 2.75) is 38.0 Å². The fraction of sp³-hybridized carbons (Fsp3) is 0.476. The highest BCUT2D eigenvalue weighted by atomic mass is 16.3. The van der Waals surface area contributed by atoms with Crippen molar-refractivity contribution in [1.82, 2.24) is 24.9 Å². The fourth-order valence-electron chi connectivity index (χ4n) is 4.34. The number of benzene rings is 1. The van der Waals surface area contributed by atoms with Gasteiger partial charge in [0.15, 0.2) is 0 Å². The van der Waals surface area contributed by atoms with Crippen molar-refractivity contribution in [3.8, 4) is 0 Å². The molecule has 0 radical (unpaired) electrons. The predicted octanol–water partition coefficient (Wildman–Crippen LogP) is 2.23. The minimum absolute atomic E-state index is 0.192.